The summed E-state index contributed by atoms with van der Waals surface area (Å²) < 4.78 is 0. The van der Waals surface area contributed by atoms with Crippen LogP contribution in [0.3, 0.4) is 0 Å². The topological polar surface area (TPSA) is 69.7 Å². The number of nitrogens with zero attached hydrogens (tertiary/aromatic N) is 2. The van der Waals surface area contributed by atoms with E-state index >= 15 is 0 Å². The lowest BCUT2D eigenvalue weighted by atomic mass is 10.1. The highest BCUT2D eigenvalue weighted by molar-refractivity contribution is 7.99. The fourth-order valence-electron chi connectivity index (χ4n) is 4.64. The molecular weight excluding hydrogens is 446 g/mol. The number of anilines is 3. The molecule has 3 amide bonds. The zero-order valence-electron chi connectivity index (χ0n) is 18.4. The van der Waals surface area contributed by atoms with Gasteiger partial charge in [0.05, 0.1) is 17.2 Å². The number of carbonyl (C=O) groups is 3. The quantitative estimate of drug-likeness (QED) is 0.587. The number of para-hydroxylation sites is 1. The third-order valence-corrected chi connectivity index (χ3v) is 7.64. The fourth-order valence-corrected chi connectivity index (χ4v) is 5.75. The molecule has 0 radical (unpaired) electrons. The van der Waals surface area contributed by atoms with Gasteiger partial charge in [0, 0.05) is 40.2 Å². The van der Waals surface area contributed by atoms with Gasteiger partial charge in [-0.05, 0) is 55.3 Å². The van der Waals surface area contributed by atoms with E-state index in [2.05, 4.69) is 5.32 Å². The van der Waals surface area contributed by atoms with Crippen LogP contribution in [0.4, 0.5) is 17.1 Å². The fraction of sp³-hybridized carbons (Fsp3) is 0.222. The highest BCUT2D eigenvalue weighted by Gasteiger charge is 2.38. The molecule has 1 unspecified atom stereocenters. The lowest BCUT2D eigenvalue weighted by Crippen LogP contribution is -2.33. The Morgan fingerprint density at radius 1 is 0.912 bits per heavy atom. The molecule has 2 heterocycles. The summed E-state index contributed by atoms with van der Waals surface area (Å²) in [5.74, 6) is -0.587. The van der Waals surface area contributed by atoms with Crippen LogP contribution in [0, 0.1) is 5.92 Å². The first-order valence-corrected chi connectivity index (χ1v) is 12.3. The lowest BCUT2D eigenvalue weighted by Gasteiger charge is -2.23. The van der Waals surface area contributed by atoms with Crippen molar-refractivity contribution in [2.45, 2.75) is 35.1 Å². The van der Waals surface area contributed by atoms with Crippen LogP contribution >= 0.6 is 11.8 Å². The van der Waals surface area contributed by atoms with Gasteiger partial charge in [0.2, 0.25) is 11.8 Å². The van der Waals surface area contributed by atoms with Crippen molar-refractivity contribution in [3.8, 4) is 0 Å². The van der Waals surface area contributed by atoms with Gasteiger partial charge in [-0.2, -0.15) is 0 Å². The Bertz CT molecular complexity index is 1310. The molecule has 0 spiro atoms. The minimum absolute atomic E-state index is 0.0339. The maximum absolute atomic E-state index is 13.3. The first-order chi connectivity index (χ1) is 16.6. The van der Waals surface area contributed by atoms with E-state index in [1.807, 2.05) is 77.7 Å². The molecule has 0 aromatic heterocycles. The largest absolute Gasteiger partial charge is 0.326 e. The molecule has 170 valence electrons. The molecule has 3 aliphatic rings. The Labute approximate surface area is 201 Å². The van der Waals surface area contributed by atoms with Crippen molar-refractivity contribution in [1.29, 1.82) is 0 Å². The van der Waals surface area contributed by atoms with E-state index < -0.39 is 5.92 Å². The van der Waals surface area contributed by atoms with Gasteiger partial charge in [0.25, 0.3) is 5.91 Å². The van der Waals surface area contributed by atoms with E-state index in [4.69, 9.17) is 0 Å². The summed E-state index contributed by atoms with van der Waals surface area (Å²) in [6.07, 6.45) is 2.20. The average Bonchev–Trinajstić information content (AvgIpc) is 3.62. The summed E-state index contributed by atoms with van der Waals surface area (Å²) in [4.78, 5) is 44.3. The van der Waals surface area contributed by atoms with Crippen LogP contribution in [-0.4, -0.2) is 30.3 Å². The second-order valence-electron chi connectivity index (χ2n) is 8.92. The molecule has 1 N–H and O–H groups in total. The van der Waals surface area contributed by atoms with Crippen LogP contribution in [0.5, 0.6) is 0 Å². The van der Waals surface area contributed by atoms with Crippen molar-refractivity contribution >= 4 is 46.5 Å². The predicted molar refractivity (Wildman–Crippen MR) is 132 cm³/mol. The number of amides is 3. The maximum Gasteiger partial charge on any atom is 0.259 e. The molecule has 6 nitrogen and oxygen atoms in total. The molecule has 7 heteroatoms. The smallest absolute Gasteiger partial charge is 0.259 e. The van der Waals surface area contributed by atoms with Crippen molar-refractivity contribution in [3.05, 3.63) is 78.4 Å². The summed E-state index contributed by atoms with van der Waals surface area (Å²) in [5, 5.41) is 3.01. The van der Waals surface area contributed by atoms with Gasteiger partial charge in [-0.1, -0.05) is 42.1 Å². The number of rotatable bonds is 4. The van der Waals surface area contributed by atoms with E-state index in [-0.39, 0.29) is 30.2 Å². The summed E-state index contributed by atoms with van der Waals surface area (Å²) in [6.45, 7) is 0.367. The van der Waals surface area contributed by atoms with E-state index in [0.29, 0.717) is 17.8 Å². The number of carbonyl (C=O) groups excluding carboxylic acids is 3. The standard InChI is InChI=1S/C27H23N3O3S/c31-25-14-17(16-29(25)19-6-2-1-3-7-19)26(32)28-18-10-13-22-24(15-18)34-23-9-5-4-8-21(23)27(33)30(22)20-11-12-20/h1-10,13,15,17,20H,11-12,14,16H2,(H,28,32). The number of hydrogen-bond acceptors (Lipinski definition) is 4. The molecular formula is C27H23N3O3S. The van der Waals surface area contributed by atoms with E-state index in [1.165, 1.54) is 0 Å². The van der Waals surface area contributed by atoms with Crippen LogP contribution in [0.15, 0.2) is 82.6 Å². The lowest BCUT2D eigenvalue weighted by molar-refractivity contribution is -0.122. The SMILES string of the molecule is O=C(Nc1ccc2c(c1)Sc1ccccc1C(=O)N2C1CC1)C1CC(=O)N(c2ccccc2)C1. The number of nitrogens with one attached hydrogen (secondary N) is 1. The van der Waals surface area contributed by atoms with Gasteiger partial charge >= 0.3 is 0 Å². The van der Waals surface area contributed by atoms with Crippen molar-refractivity contribution in [3.63, 3.8) is 0 Å². The highest BCUT2D eigenvalue weighted by atomic mass is 32.2. The van der Waals surface area contributed by atoms with Crippen LogP contribution < -0.4 is 15.1 Å². The monoisotopic (exact) mass is 469 g/mol. The van der Waals surface area contributed by atoms with Gasteiger partial charge in [-0.25, -0.2) is 0 Å². The Balaban J connectivity index is 1.25. The molecule has 34 heavy (non-hydrogen) atoms. The molecule has 0 bridgehead atoms. The normalized spacial score (nSPS) is 19.5. The minimum atomic E-state index is -0.413. The molecule has 3 aromatic rings. The molecule has 1 aliphatic carbocycles. The predicted octanol–water partition coefficient (Wildman–Crippen LogP) is 4.95. The summed E-state index contributed by atoms with van der Waals surface area (Å²) >= 11 is 1.55. The van der Waals surface area contributed by atoms with Crippen molar-refractivity contribution in [2.24, 2.45) is 5.92 Å². The molecule has 1 atom stereocenters. The minimum Gasteiger partial charge on any atom is -0.326 e. The maximum atomic E-state index is 13.3. The Morgan fingerprint density at radius 2 is 1.68 bits per heavy atom. The number of hydrogen-bond donors (Lipinski definition) is 1. The van der Waals surface area contributed by atoms with Crippen LogP contribution in [0.2, 0.25) is 0 Å². The summed E-state index contributed by atoms with van der Waals surface area (Å²) in [7, 11) is 0. The van der Waals surface area contributed by atoms with Gasteiger partial charge in [0.1, 0.15) is 0 Å². The first-order valence-electron chi connectivity index (χ1n) is 11.5. The van der Waals surface area contributed by atoms with Crippen LogP contribution in [0.1, 0.15) is 29.6 Å². The summed E-state index contributed by atoms with van der Waals surface area (Å²) in [5.41, 5.74) is 3.09. The van der Waals surface area contributed by atoms with Crippen LogP contribution in [-0.2, 0) is 9.59 Å². The Kier molecular flexibility index (Phi) is 5.14. The first kappa shape index (κ1) is 21.0. The Hall–Kier alpha value is -3.58. The molecule has 2 aliphatic heterocycles. The van der Waals surface area contributed by atoms with Gasteiger partial charge in [-0.15, -0.1) is 0 Å². The molecule has 3 aromatic carbocycles. The van der Waals surface area contributed by atoms with Gasteiger partial charge in [0.15, 0.2) is 0 Å². The Morgan fingerprint density at radius 3 is 2.47 bits per heavy atom. The van der Waals surface area contributed by atoms with Gasteiger partial charge < -0.3 is 15.1 Å². The second kappa shape index (κ2) is 8.33. The third-order valence-electron chi connectivity index (χ3n) is 6.52. The van der Waals surface area contributed by atoms with Crippen molar-refractivity contribution in [2.75, 3.05) is 21.7 Å². The average molecular weight is 470 g/mol. The zero-order valence-corrected chi connectivity index (χ0v) is 19.3. The van der Waals surface area contributed by atoms with Gasteiger partial charge in [-0.3, -0.25) is 14.4 Å². The zero-order chi connectivity index (χ0) is 23.2. The van der Waals surface area contributed by atoms with Crippen molar-refractivity contribution in [1.82, 2.24) is 0 Å². The number of fused-ring (bicyclic) bond motifs is 2. The molecule has 1 saturated heterocycles. The molecule has 1 saturated carbocycles. The molecule has 6 rings (SSSR count). The van der Waals surface area contributed by atoms with E-state index in [0.717, 1.165) is 34.0 Å². The van der Waals surface area contributed by atoms with E-state index in [9.17, 15) is 14.4 Å². The van der Waals surface area contributed by atoms with Crippen LogP contribution in [0.25, 0.3) is 0 Å². The second-order valence-corrected chi connectivity index (χ2v) is 10.0. The number of benzene rings is 3. The summed E-state index contributed by atoms with van der Waals surface area (Å²) in [6, 6.07) is 23.1. The molecule has 2 fully saturated rings. The third kappa shape index (κ3) is 3.76. The van der Waals surface area contributed by atoms with Crippen molar-refractivity contribution < 1.29 is 14.4 Å². The highest BCUT2D eigenvalue weighted by Crippen LogP contribution is 2.46. The van der Waals surface area contributed by atoms with E-state index in [1.54, 1.807) is 16.7 Å².